The monoisotopic (exact) mass is 387 g/mol. The molecule has 2 amide bonds. The molecule has 1 aromatic carbocycles. The Morgan fingerprint density at radius 1 is 1.29 bits per heavy atom. The average molecular weight is 388 g/mol. The van der Waals surface area contributed by atoms with E-state index < -0.39 is 0 Å². The van der Waals surface area contributed by atoms with Gasteiger partial charge in [-0.3, -0.25) is 9.59 Å². The highest BCUT2D eigenvalue weighted by molar-refractivity contribution is 6.01. The molecule has 2 aliphatic heterocycles. The zero-order valence-corrected chi connectivity index (χ0v) is 17.4. The molecule has 2 fully saturated rings. The van der Waals surface area contributed by atoms with Gasteiger partial charge in [0.2, 0.25) is 11.8 Å². The van der Waals surface area contributed by atoms with Crippen LogP contribution in [0.4, 0.5) is 5.69 Å². The molecule has 0 radical (unpaired) electrons. The molecule has 2 saturated heterocycles. The number of carbonyl (C=O) groups excluding carboxylic acids is 2. The first kappa shape index (κ1) is 20.6. The molecule has 1 aromatic rings. The van der Waals surface area contributed by atoms with Gasteiger partial charge in [-0.15, -0.1) is 0 Å². The third kappa shape index (κ3) is 5.04. The number of rotatable bonds is 7. The molecule has 154 valence electrons. The lowest BCUT2D eigenvalue weighted by atomic mass is 10.1. The second-order valence-corrected chi connectivity index (χ2v) is 8.29. The van der Waals surface area contributed by atoms with Crippen molar-refractivity contribution in [3.8, 4) is 5.75 Å². The maximum absolute atomic E-state index is 12.7. The van der Waals surface area contributed by atoms with Crippen molar-refractivity contribution in [2.45, 2.75) is 39.5 Å². The van der Waals surface area contributed by atoms with Gasteiger partial charge in [0.15, 0.2) is 0 Å². The van der Waals surface area contributed by atoms with Gasteiger partial charge in [0, 0.05) is 26.1 Å². The summed E-state index contributed by atoms with van der Waals surface area (Å²) in [5.74, 6) is 0.723. The number of anilines is 1. The highest BCUT2D eigenvalue weighted by Gasteiger charge is 2.36. The molecule has 0 spiro atoms. The number of hydrogen-bond acceptors (Lipinski definition) is 4. The van der Waals surface area contributed by atoms with Crippen molar-refractivity contribution in [1.82, 2.24) is 10.2 Å². The molecular weight excluding hydrogens is 354 g/mol. The van der Waals surface area contributed by atoms with Crippen LogP contribution in [0, 0.1) is 18.8 Å². The van der Waals surface area contributed by atoms with Crippen molar-refractivity contribution in [3.63, 3.8) is 0 Å². The van der Waals surface area contributed by atoms with E-state index in [-0.39, 0.29) is 24.2 Å². The molecule has 0 bridgehead atoms. The van der Waals surface area contributed by atoms with Crippen LogP contribution >= 0.6 is 0 Å². The number of benzene rings is 1. The Kier molecular flexibility index (Phi) is 6.94. The number of carbonyl (C=O) groups is 2. The summed E-state index contributed by atoms with van der Waals surface area (Å²) in [6, 6.07) is 5.77. The van der Waals surface area contributed by atoms with Gasteiger partial charge in [-0.25, -0.2) is 0 Å². The van der Waals surface area contributed by atoms with Gasteiger partial charge in [-0.05, 0) is 56.5 Å². The molecule has 0 aliphatic carbocycles. The van der Waals surface area contributed by atoms with Crippen molar-refractivity contribution in [2.75, 3.05) is 44.7 Å². The normalized spacial score (nSPS) is 21.6. The Morgan fingerprint density at radius 3 is 2.75 bits per heavy atom. The zero-order valence-electron chi connectivity index (χ0n) is 17.4. The SMILES string of the molecule is COc1ccc(C)cc1N1CC(C(=O)NCC(C)CN2CCCCC2)CC1=O. The number of likely N-dealkylation sites (tertiary alicyclic amines) is 1. The van der Waals surface area contributed by atoms with E-state index >= 15 is 0 Å². The molecule has 2 heterocycles. The Bertz CT molecular complexity index is 700. The molecule has 3 rings (SSSR count). The van der Waals surface area contributed by atoms with Crippen LogP contribution in [0.15, 0.2) is 18.2 Å². The molecule has 0 aromatic heterocycles. The average Bonchev–Trinajstić information content (AvgIpc) is 3.08. The van der Waals surface area contributed by atoms with Crippen molar-refractivity contribution in [2.24, 2.45) is 11.8 Å². The van der Waals surface area contributed by atoms with Gasteiger partial charge >= 0.3 is 0 Å². The Morgan fingerprint density at radius 2 is 2.04 bits per heavy atom. The Labute approximate surface area is 168 Å². The predicted octanol–water partition coefficient (Wildman–Crippen LogP) is 2.59. The number of ether oxygens (including phenoxy) is 1. The van der Waals surface area contributed by atoms with E-state index in [0.29, 0.717) is 24.8 Å². The second-order valence-electron chi connectivity index (χ2n) is 8.29. The zero-order chi connectivity index (χ0) is 20.1. The number of hydrogen-bond donors (Lipinski definition) is 1. The molecule has 2 aliphatic rings. The summed E-state index contributed by atoms with van der Waals surface area (Å²) >= 11 is 0. The van der Waals surface area contributed by atoms with Gasteiger partial charge in [0.25, 0.3) is 0 Å². The predicted molar refractivity (Wildman–Crippen MR) is 111 cm³/mol. The fourth-order valence-corrected chi connectivity index (χ4v) is 4.19. The number of aryl methyl sites for hydroxylation is 1. The lowest BCUT2D eigenvalue weighted by Crippen LogP contribution is -2.40. The van der Waals surface area contributed by atoms with Gasteiger partial charge < -0.3 is 19.9 Å². The fraction of sp³-hybridized carbons (Fsp3) is 0.636. The van der Waals surface area contributed by atoms with Crippen molar-refractivity contribution in [1.29, 1.82) is 0 Å². The van der Waals surface area contributed by atoms with Crippen LogP contribution in [0.1, 0.15) is 38.2 Å². The van der Waals surface area contributed by atoms with E-state index in [1.54, 1.807) is 12.0 Å². The molecule has 6 heteroatoms. The number of piperidine rings is 1. The summed E-state index contributed by atoms with van der Waals surface area (Å²) in [5.41, 5.74) is 1.81. The maximum Gasteiger partial charge on any atom is 0.227 e. The standard InChI is InChI=1S/C22H33N3O3/c1-16-7-8-20(28-3)19(11-16)25-15-18(12-21(25)26)22(27)23-13-17(2)14-24-9-5-4-6-10-24/h7-8,11,17-18H,4-6,9-10,12-15H2,1-3H3,(H,23,27). The summed E-state index contributed by atoms with van der Waals surface area (Å²) in [6.45, 7) is 8.59. The minimum atomic E-state index is -0.306. The van der Waals surface area contributed by atoms with E-state index in [1.807, 2.05) is 25.1 Å². The van der Waals surface area contributed by atoms with Crippen LogP contribution < -0.4 is 15.0 Å². The third-order valence-electron chi connectivity index (χ3n) is 5.76. The van der Waals surface area contributed by atoms with Crippen molar-refractivity contribution < 1.29 is 14.3 Å². The molecule has 2 unspecified atom stereocenters. The third-order valence-corrected chi connectivity index (χ3v) is 5.76. The highest BCUT2D eigenvalue weighted by Crippen LogP contribution is 2.33. The van der Waals surface area contributed by atoms with E-state index in [4.69, 9.17) is 4.74 Å². The first-order valence-corrected chi connectivity index (χ1v) is 10.4. The first-order valence-electron chi connectivity index (χ1n) is 10.4. The number of methoxy groups -OCH3 is 1. The maximum atomic E-state index is 12.7. The van der Waals surface area contributed by atoms with Gasteiger partial charge in [0.05, 0.1) is 18.7 Å². The van der Waals surface area contributed by atoms with E-state index in [1.165, 1.54) is 32.4 Å². The lowest BCUT2D eigenvalue weighted by molar-refractivity contribution is -0.126. The van der Waals surface area contributed by atoms with Crippen molar-refractivity contribution >= 4 is 17.5 Å². The van der Waals surface area contributed by atoms with Crippen LogP contribution in [0.25, 0.3) is 0 Å². The van der Waals surface area contributed by atoms with Crippen LogP contribution in [0.2, 0.25) is 0 Å². The van der Waals surface area contributed by atoms with Crippen molar-refractivity contribution in [3.05, 3.63) is 23.8 Å². The summed E-state index contributed by atoms with van der Waals surface area (Å²) in [7, 11) is 1.60. The van der Waals surface area contributed by atoms with Crippen LogP contribution in [-0.4, -0.2) is 56.5 Å². The summed E-state index contributed by atoms with van der Waals surface area (Å²) in [6.07, 6.45) is 4.14. The van der Waals surface area contributed by atoms with Crippen LogP contribution in [0.3, 0.4) is 0 Å². The van der Waals surface area contributed by atoms with E-state index in [2.05, 4.69) is 17.1 Å². The molecule has 1 N–H and O–H groups in total. The minimum absolute atomic E-state index is 0.0204. The quantitative estimate of drug-likeness (QED) is 0.781. The van der Waals surface area contributed by atoms with Gasteiger partial charge in [-0.1, -0.05) is 19.4 Å². The number of amides is 2. The molecule has 0 saturated carbocycles. The topological polar surface area (TPSA) is 61.9 Å². The lowest BCUT2D eigenvalue weighted by Gasteiger charge is -2.29. The summed E-state index contributed by atoms with van der Waals surface area (Å²) in [4.78, 5) is 29.4. The first-order chi connectivity index (χ1) is 13.5. The molecule has 2 atom stereocenters. The number of nitrogens with zero attached hydrogens (tertiary/aromatic N) is 2. The molecular formula is C22H33N3O3. The number of nitrogens with one attached hydrogen (secondary N) is 1. The minimum Gasteiger partial charge on any atom is -0.495 e. The second kappa shape index (κ2) is 9.41. The highest BCUT2D eigenvalue weighted by atomic mass is 16.5. The Balaban J connectivity index is 1.53. The fourth-order valence-electron chi connectivity index (χ4n) is 4.19. The summed E-state index contributed by atoms with van der Waals surface area (Å²) < 4.78 is 5.41. The molecule has 28 heavy (non-hydrogen) atoms. The van der Waals surface area contributed by atoms with E-state index in [0.717, 1.165) is 17.8 Å². The Hall–Kier alpha value is -2.08. The van der Waals surface area contributed by atoms with Crippen LogP contribution in [0.5, 0.6) is 5.75 Å². The summed E-state index contributed by atoms with van der Waals surface area (Å²) in [5, 5.41) is 3.07. The van der Waals surface area contributed by atoms with Crippen LogP contribution in [-0.2, 0) is 9.59 Å². The van der Waals surface area contributed by atoms with E-state index in [9.17, 15) is 9.59 Å². The van der Waals surface area contributed by atoms with Gasteiger partial charge in [-0.2, -0.15) is 0 Å². The smallest absolute Gasteiger partial charge is 0.227 e. The molecule has 6 nitrogen and oxygen atoms in total. The largest absolute Gasteiger partial charge is 0.495 e. The van der Waals surface area contributed by atoms with Gasteiger partial charge in [0.1, 0.15) is 5.75 Å².